The molecule has 3 N–H and O–H groups in total. The zero-order chi connectivity index (χ0) is 23.0. The molecule has 1 aromatic carbocycles. The molecule has 1 amide bonds. The number of hydrogen-bond acceptors (Lipinski definition) is 7. The number of amides is 1. The van der Waals surface area contributed by atoms with E-state index >= 15 is 0 Å². The Morgan fingerprint density at radius 1 is 1.03 bits per heavy atom. The van der Waals surface area contributed by atoms with Gasteiger partial charge in [-0.05, 0) is 43.0 Å². The predicted octanol–water partition coefficient (Wildman–Crippen LogP) is 4.87. The number of carbonyl (C=O) groups excluding carboxylic acids is 1. The topological polar surface area (TPSA) is 116 Å². The summed E-state index contributed by atoms with van der Waals surface area (Å²) in [6.45, 7) is 0.761. The number of halogens is 1. The van der Waals surface area contributed by atoms with E-state index in [-0.39, 0.29) is 17.4 Å². The summed E-state index contributed by atoms with van der Waals surface area (Å²) in [6.07, 6.45) is 10.4. The second-order valence-electron chi connectivity index (χ2n) is 7.98. The number of hydrogen-bond donors (Lipinski definition) is 3. The molecule has 0 radical (unpaired) electrons. The van der Waals surface area contributed by atoms with Crippen LogP contribution in [0.25, 0.3) is 0 Å². The average Bonchev–Trinajstić information content (AvgIpc) is 2.85. The number of carbonyl (C=O) groups is 1. The summed E-state index contributed by atoms with van der Waals surface area (Å²) in [7, 11) is 0. The fraction of sp³-hybridized carbons (Fsp3) is 0.292. The van der Waals surface area contributed by atoms with Gasteiger partial charge >= 0.3 is 0 Å². The highest BCUT2D eigenvalue weighted by Crippen LogP contribution is 2.26. The molecule has 2 aromatic heterocycles. The molecule has 0 spiro atoms. The lowest BCUT2D eigenvalue weighted by molar-refractivity contribution is 0.102. The number of nitriles is 1. The maximum absolute atomic E-state index is 13.2. The summed E-state index contributed by atoms with van der Waals surface area (Å²) in [6, 6.07) is 9.28. The van der Waals surface area contributed by atoms with E-state index in [4.69, 9.17) is 5.26 Å². The lowest BCUT2D eigenvalue weighted by atomic mass is 9.89. The van der Waals surface area contributed by atoms with Crippen LogP contribution in [0.1, 0.15) is 48.2 Å². The highest BCUT2D eigenvalue weighted by atomic mass is 19.1. The van der Waals surface area contributed by atoms with E-state index in [9.17, 15) is 9.18 Å². The molecule has 0 atom stereocenters. The van der Waals surface area contributed by atoms with Crippen molar-refractivity contribution in [1.82, 2.24) is 15.0 Å². The quantitative estimate of drug-likeness (QED) is 0.475. The van der Waals surface area contributed by atoms with Gasteiger partial charge in [0, 0.05) is 24.5 Å². The van der Waals surface area contributed by atoms with E-state index in [0.717, 1.165) is 6.54 Å². The number of rotatable bonds is 7. The van der Waals surface area contributed by atoms with Crippen molar-refractivity contribution in [3.63, 3.8) is 0 Å². The minimum Gasteiger partial charge on any atom is -0.384 e. The predicted molar refractivity (Wildman–Crippen MR) is 124 cm³/mol. The molecule has 1 fully saturated rings. The van der Waals surface area contributed by atoms with Gasteiger partial charge in [-0.2, -0.15) is 5.26 Å². The third kappa shape index (κ3) is 6.01. The van der Waals surface area contributed by atoms with Gasteiger partial charge in [0.05, 0.1) is 23.6 Å². The fourth-order valence-electron chi connectivity index (χ4n) is 3.81. The van der Waals surface area contributed by atoms with Gasteiger partial charge < -0.3 is 16.0 Å². The van der Waals surface area contributed by atoms with Crippen molar-refractivity contribution in [3.8, 4) is 6.07 Å². The Morgan fingerprint density at radius 3 is 2.48 bits per heavy atom. The van der Waals surface area contributed by atoms with Gasteiger partial charge in [-0.25, -0.2) is 19.3 Å². The third-order valence-corrected chi connectivity index (χ3v) is 5.58. The molecule has 1 aliphatic carbocycles. The van der Waals surface area contributed by atoms with Crippen molar-refractivity contribution < 1.29 is 9.18 Å². The van der Waals surface area contributed by atoms with Crippen LogP contribution in [0.2, 0.25) is 0 Å². The first-order chi connectivity index (χ1) is 16.1. The van der Waals surface area contributed by atoms with Crippen molar-refractivity contribution in [2.75, 3.05) is 22.5 Å². The van der Waals surface area contributed by atoms with Crippen LogP contribution in [0.15, 0.2) is 48.9 Å². The molecule has 4 rings (SSSR count). The van der Waals surface area contributed by atoms with Crippen LogP contribution in [0.3, 0.4) is 0 Å². The van der Waals surface area contributed by atoms with Crippen LogP contribution in [0.4, 0.5) is 27.4 Å². The van der Waals surface area contributed by atoms with Crippen LogP contribution in [-0.2, 0) is 0 Å². The molecular weight excluding hydrogens is 421 g/mol. The molecule has 0 aliphatic heterocycles. The van der Waals surface area contributed by atoms with E-state index < -0.39 is 0 Å². The zero-order valence-electron chi connectivity index (χ0n) is 18.0. The lowest BCUT2D eigenvalue weighted by Gasteiger charge is -2.23. The van der Waals surface area contributed by atoms with E-state index in [1.165, 1.54) is 75.0 Å². The lowest BCUT2D eigenvalue weighted by Crippen LogP contribution is -2.20. The minimum absolute atomic E-state index is 0.219. The second-order valence-corrected chi connectivity index (χ2v) is 7.98. The number of aromatic nitrogens is 3. The van der Waals surface area contributed by atoms with Gasteiger partial charge in [-0.15, -0.1) is 0 Å². The van der Waals surface area contributed by atoms with Crippen molar-refractivity contribution in [2.45, 2.75) is 32.1 Å². The Kier molecular flexibility index (Phi) is 7.05. The summed E-state index contributed by atoms with van der Waals surface area (Å²) >= 11 is 0. The molecule has 0 unspecified atom stereocenters. The average molecular weight is 446 g/mol. The van der Waals surface area contributed by atoms with E-state index in [0.29, 0.717) is 34.5 Å². The molecular formula is C24H24FN7O. The fourth-order valence-corrected chi connectivity index (χ4v) is 3.81. The normalized spacial score (nSPS) is 13.7. The number of pyridine rings is 1. The van der Waals surface area contributed by atoms with Crippen molar-refractivity contribution in [1.29, 1.82) is 5.26 Å². The van der Waals surface area contributed by atoms with Crippen molar-refractivity contribution in [3.05, 3.63) is 66.0 Å². The van der Waals surface area contributed by atoms with E-state index in [1.54, 1.807) is 6.07 Å². The molecule has 2 heterocycles. The molecule has 1 aliphatic rings. The Morgan fingerprint density at radius 2 is 1.79 bits per heavy atom. The van der Waals surface area contributed by atoms with E-state index in [1.807, 2.05) is 6.07 Å². The van der Waals surface area contributed by atoms with Gasteiger partial charge in [0.1, 0.15) is 23.5 Å². The molecule has 33 heavy (non-hydrogen) atoms. The highest BCUT2D eigenvalue weighted by Gasteiger charge is 2.17. The molecule has 8 nitrogen and oxygen atoms in total. The minimum atomic E-state index is -0.370. The highest BCUT2D eigenvalue weighted by molar-refractivity contribution is 6.08. The second kappa shape index (κ2) is 10.5. The third-order valence-electron chi connectivity index (χ3n) is 5.58. The summed E-state index contributed by atoms with van der Waals surface area (Å²) in [5.74, 6) is 0.762. The van der Waals surface area contributed by atoms with Crippen LogP contribution < -0.4 is 16.0 Å². The Hall–Kier alpha value is -4.06. The number of benzene rings is 1. The summed E-state index contributed by atoms with van der Waals surface area (Å²) in [5, 5.41) is 18.1. The Labute approximate surface area is 191 Å². The van der Waals surface area contributed by atoms with Crippen LogP contribution >= 0.6 is 0 Å². The first-order valence-electron chi connectivity index (χ1n) is 10.9. The SMILES string of the molecule is N#Cc1cnc(Nc2cc(NCC3CCCCC3)c(C(=O)Nc3ccc(F)cc3)cn2)cn1. The van der Waals surface area contributed by atoms with Gasteiger partial charge in [0.15, 0.2) is 5.69 Å². The largest absolute Gasteiger partial charge is 0.384 e. The van der Waals surface area contributed by atoms with Crippen molar-refractivity contribution in [2.24, 2.45) is 5.92 Å². The van der Waals surface area contributed by atoms with Gasteiger partial charge in [-0.1, -0.05) is 19.3 Å². The molecule has 1 saturated carbocycles. The smallest absolute Gasteiger partial charge is 0.259 e. The number of nitrogens with zero attached hydrogens (tertiary/aromatic N) is 4. The van der Waals surface area contributed by atoms with E-state index in [2.05, 4.69) is 30.9 Å². The number of anilines is 4. The summed E-state index contributed by atoms with van der Waals surface area (Å²) in [4.78, 5) is 25.4. The summed E-state index contributed by atoms with van der Waals surface area (Å²) < 4.78 is 13.2. The molecule has 9 heteroatoms. The van der Waals surface area contributed by atoms with Gasteiger partial charge in [0.25, 0.3) is 5.91 Å². The first-order valence-corrected chi connectivity index (χ1v) is 10.9. The number of nitrogens with one attached hydrogen (secondary N) is 3. The van der Waals surface area contributed by atoms with Crippen LogP contribution in [0, 0.1) is 23.1 Å². The van der Waals surface area contributed by atoms with Crippen molar-refractivity contribution >= 4 is 28.9 Å². The Balaban J connectivity index is 1.54. The zero-order valence-corrected chi connectivity index (χ0v) is 18.0. The molecule has 3 aromatic rings. The summed E-state index contributed by atoms with van der Waals surface area (Å²) in [5.41, 5.74) is 1.73. The monoisotopic (exact) mass is 445 g/mol. The Bertz CT molecular complexity index is 1140. The molecule has 0 saturated heterocycles. The maximum Gasteiger partial charge on any atom is 0.259 e. The van der Waals surface area contributed by atoms with Crippen LogP contribution in [-0.4, -0.2) is 27.4 Å². The first kappa shape index (κ1) is 22.1. The maximum atomic E-state index is 13.2. The molecule has 168 valence electrons. The van der Waals surface area contributed by atoms with Gasteiger partial charge in [0.2, 0.25) is 0 Å². The standard InChI is InChI=1S/C24H24FN7O/c25-17-6-8-18(9-7-17)31-24(33)20-14-30-22(32-23-15-27-19(11-26)13-29-23)10-21(20)28-12-16-4-2-1-3-5-16/h6-10,13-16H,1-5,12H2,(H,31,33)(H2,28,29,30,32). The molecule has 0 bridgehead atoms. The van der Waals surface area contributed by atoms with Gasteiger partial charge in [-0.3, -0.25) is 4.79 Å². The van der Waals surface area contributed by atoms with Crippen LogP contribution in [0.5, 0.6) is 0 Å².